The average molecular weight is 436 g/mol. The highest BCUT2D eigenvalue weighted by molar-refractivity contribution is 7.17. The van der Waals surface area contributed by atoms with Gasteiger partial charge in [-0.2, -0.15) is 0 Å². The number of aromatic nitrogens is 1. The topological polar surface area (TPSA) is 83.4 Å². The van der Waals surface area contributed by atoms with Gasteiger partial charge in [-0.15, -0.1) is 11.3 Å². The molecule has 9 heteroatoms. The Morgan fingerprint density at radius 1 is 1.28 bits per heavy atom. The van der Waals surface area contributed by atoms with Gasteiger partial charge in [0, 0.05) is 31.9 Å². The number of carbonyl (C=O) groups excluding carboxylic acids is 1. The van der Waals surface area contributed by atoms with E-state index in [9.17, 15) is 19.1 Å². The van der Waals surface area contributed by atoms with Crippen LogP contribution in [0.4, 0.5) is 10.1 Å². The van der Waals surface area contributed by atoms with Gasteiger partial charge in [-0.25, -0.2) is 4.39 Å². The van der Waals surface area contributed by atoms with Gasteiger partial charge in [0.25, 0.3) is 11.5 Å². The molecule has 1 aromatic carbocycles. The Morgan fingerprint density at radius 3 is 2.76 bits per heavy atom. The Morgan fingerprint density at radius 2 is 2.07 bits per heavy atom. The molecule has 0 radical (unpaired) electrons. The molecule has 29 heavy (non-hydrogen) atoms. The molecule has 1 atom stereocenters. The van der Waals surface area contributed by atoms with E-state index in [4.69, 9.17) is 11.6 Å². The quantitative estimate of drug-likeness (QED) is 0.532. The second-order valence-electron chi connectivity index (χ2n) is 6.38. The van der Waals surface area contributed by atoms with Crippen LogP contribution in [0.25, 0.3) is 11.1 Å². The molecule has 1 amide bonds. The number of aryl methyl sites for hydroxylation is 1. The number of rotatable bonds is 7. The summed E-state index contributed by atoms with van der Waals surface area (Å²) in [7, 11) is 1.63. The maximum absolute atomic E-state index is 14.4. The number of aliphatic hydroxyl groups excluding tert-OH is 1. The monoisotopic (exact) mass is 435 g/mol. The van der Waals surface area contributed by atoms with E-state index in [0.29, 0.717) is 20.3 Å². The van der Waals surface area contributed by atoms with Crippen molar-refractivity contribution in [2.45, 2.75) is 6.10 Å². The number of nitrogens with one attached hydrogen (secondary N) is 2. The summed E-state index contributed by atoms with van der Waals surface area (Å²) in [6, 6.07) is 11.0. The lowest BCUT2D eigenvalue weighted by Gasteiger charge is -2.14. The van der Waals surface area contributed by atoms with E-state index in [1.165, 1.54) is 16.7 Å². The Hall–Kier alpha value is -2.68. The van der Waals surface area contributed by atoms with Crippen LogP contribution < -0.4 is 16.2 Å². The number of thiophene rings is 1. The Bertz CT molecular complexity index is 1080. The number of nitrogens with zero attached hydrogens (tertiary/aromatic N) is 1. The molecule has 0 aliphatic heterocycles. The molecule has 6 nitrogen and oxygen atoms in total. The summed E-state index contributed by atoms with van der Waals surface area (Å²) in [4.78, 5) is 24.5. The lowest BCUT2D eigenvalue weighted by atomic mass is 10.1. The van der Waals surface area contributed by atoms with Crippen molar-refractivity contribution in [1.29, 1.82) is 0 Å². The van der Waals surface area contributed by atoms with Crippen LogP contribution in [0.5, 0.6) is 0 Å². The normalized spacial score (nSPS) is 11.9. The van der Waals surface area contributed by atoms with E-state index >= 15 is 0 Å². The van der Waals surface area contributed by atoms with Gasteiger partial charge in [0.15, 0.2) is 0 Å². The van der Waals surface area contributed by atoms with Gasteiger partial charge in [-0.05, 0) is 42.0 Å². The van der Waals surface area contributed by atoms with Crippen LogP contribution >= 0.6 is 22.9 Å². The number of halogens is 2. The molecular formula is C20H19ClFN3O3S. The van der Waals surface area contributed by atoms with Gasteiger partial charge in [-0.3, -0.25) is 9.59 Å². The minimum Gasteiger partial charge on any atom is -0.389 e. The van der Waals surface area contributed by atoms with Crippen molar-refractivity contribution in [3.63, 3.8) is 0 Å². The Kier molecular flexibility index (Phi) is 6.68. The molecular weight excluding hydrogens is 417 g/mol. The molecule has 152 valence electrons. The molecule has 3 N–H and O–H groups in total. The summed E-state index contributed by atoms with van der Waals surface area (Å²) in [5.41, 5.74) is 0.844. The van der Waals surface area contributed by atoms with Crippen molar-refractivity contribution in [2.24, 2.45) is 7.05 Å². The summed E-state index contributed by atoms with van der Waals surface area (Å²) in [6.45, 7) is 0.0377. The molecule has 0 aliphatic rings. The third-order valence-electron chi connectivity index (χ3n) is 4.23. The zero-order valence-electron chi connectivity index (χ0n) is 15.5. The zero-order valence-corrected chi connectivity index (χ0v) is 17.1. The number of carbonyl (C=O) groups is 1. The van der Waals surface area contributed by atoms with Crippen molar-refractivity contribution in [1.82, 2.24) is 9.88 Å². The number of hydrogen-bond acceptors (Lipinski definition) is 5. The third kappa shape index (κ3) is 5.23. The van der Waals surface area contributed by atoms with Crippen molar-refractivity contribution in [3.05, 3.63) is 74.0 Å². The molecule has 2 aromatic heterocycles. The first kappa shape index (κ1) is 21.0. The molecule has 3 rings (SSSR count). The van der Waals surface area contributed by atoms with E-state index in [-0.39, 0.29) is 30.2 Å². The molecule has 0 saturated heterocycles. The second kappa shape index (κ2) is 9.21. The van der Waals surface area contributed by atoms with E-state index in [2.05, 4.69) is 10.6 Å². The number of anilines is 1. The molecule has 0 saturated carbocycles. The molecule has 2 heterocycles. The fourth-order valence-corrected chi connectivity index (χ4v) is 3.64. The highest BCUT2D eigenvalue weighted by Gasteiger charge is 2.13. The largest absolute Gasteiger partial charge is 0.389 e. The molecule has 0 fully saturated rings. The number of aliphatic hydroxyl groups is 1. The maximum atomic E-state index is 14.4. The van der Waals surface area contributed by atoms with Gasteiger partial charge in [0.1, 0.15) is 5.82 Å². The fourth-order valence-electron chi connectivity index (χ4n) is 2.68. The highest BCUT2D eigenvalue weighted by Crippen LogP contribution is 2.22. The van der Waals surface area contributed by atoms with Gasteiger partial charge >= 0.3 is 0 Å². The van der Waals surface area contributed by atoms with Crippen molar-refractivity contribution < 1.29 is 14.3 Å². The van der Waals surface area contributed by atoms with Crippen molar-refractivity contribution in [2.75, 3.05) is 18.4 Å². The minimum atomic E-state index is -0.921. The number of hydrogen-bond donors (Lipinski definition) is 3. The lowest BCUT2D eigenvalue weighted by Crippen LogP contribution is -2.35. The lowest BCUT2D eigenvalue weighted by molar-refractivity contribution is 0.0926. The summed E-state index contributed by atoms with van der Waals surface area (Å²) < 4.78 is 16.4. The smallest absolute Gasteiger partial charge is 0.261 e. The second-order valence-corrected chi connectivity index (χ2v) is 8.10. The number of benzene rings is 1. The summed E-state index contributed by atoms with van der Waals surface area (Å²) in [5, 5.41) is 15.4. The standard InChI is InChI=1S/C20H19ClFN3O3S/c1-25-8-2-3-14(20(25)28)12-4-5-16(15(22)9-12)23-10-13(26)11-24-19(27)17-6-7-18(21)29-17/h2-9,13,23,26H,10-11H2,1H3,(H,24,27)/t13-/m0/s1. The van der Waals surface area contributed by atoms with Gasteiger partial charge in [0.05, 0.1) is 21.0 Å². The van der Waals surface area contributed by atoms with Crippen LogP contribution in [0.3, 0.4) is 0 Å². The SMILES string of the molecule is Cn1cccc(-c2ccc(NC[C@H](O)CNC(=O)c3ccc(Cl)s3)c(F)c2)c1=O. The molecule has 0 unspecified atom stereocenters. The molecule has 0 spiro atoms. The Labute approximate surface area is 175 Å². The first-order valence-electron chi connectivity index (χ1n) is 8.76. The first-order chi connectivity index (χ1) is 13.8. The van der Waals surface area contributed by atoms with Crippen LogP contribution in [-0.4, -0.2) is 34.8 Å². The van der Waals surface area contributed by atoms with Gasteiger partial charge < -0.3 is 20.3 Å². The van der Waals surface area contributed by atoms with Crippen LogP contribution in [0.1, 0.15) is 9.67 Å². The number of amides is 1. The number of pyridine rings is 1. The van der Waals surface area contributed by atoms with Crippen LogP contribution in [-0.2, 0) is 7.05 Å². The van der Waals surface area contributed by atoms with E-state index in [0.717, 1.165) is 11.3 Å². The summed E-state index contributed by atoms with van der Waals surface area (Å²) in [5.74, 6) is -0.876. The average Bonchev–Trinajstić information content (AvgIpc) is 3.13. The summed E-state index contributed by atoms with van der Waals surface area (Å²) in [6.07, 6.45) is 0.709. The van der Waals surface area contributed by atoms with Gasteiger partial charge in [0.2, 0.25) is 0 Å². The molecule has 0 bridgehead atoms. The summed E-state index contributed by atoms with van der Waals surface area (Å²) >= 11 is 6.93. The third-order valence-corrected chi connectivity index (χ3v) is 5.46. The van der Waals surface area contributed by atoms with Crippen molar-refractivity contribution >= 4 is 34.5 Å². The van der Waals surface area contributed by atoms with Crippen molar-refractivity contribution in [3.8, 4) is 11.1 Å². The highest BCUT2D eigenvalue weighted by atomic mass is 35.5. The Balaban J connectivity index is 1.57. The molecule has 3 aromatic rings. The predicted octanol–water partition coefficient (Wildman–Crippen LogP) is 3.11. The van der Waals surface area contributed by atoms with Gasteiger partial charge in [-0.1, -0.05) is 17.7 Å². The van der Waals surface area contributed by atoms with Crippen LogP contribution in [0.2, 0.25) is 4.34 Å². The van der Waals surface area contributed by atoms with E-state index in [1.54, 1.807) is 43.6 Å². The molecule has 0 aliphatic carbocycles. The van der Waals surface area contributed by atoms with Crippen LogP contribution in [0, 0.1) is 5.82 Å². The predicted molar refractivity (Wildman–Crippen MR) is 113 cm³/mol. The van der Waals surface area contributed by atoms with E-state index < -0.39 is 11.9 Å². The first-order valence-corrected chi connectivity index (χ1v) is 9.95. The van der Waals surface area contributed by atoms with Crippen LogP contribution in [0.15, 0.2) is 53.5 Å². The van der Waals surface area contributed by atoms with E-state index in [1.807, 2.05) is 0 Å². The maximum Gasteiger partial charge on any atom is 0.261 e. The zero-order chi connectivity index (χ0) is 21.0. The minimum absolute atomic E-state index is 0.00110. The fraction of sp³-hybridized carbons (Fsp3) is 0.200.